The Hall–Kier alpha value is -3.16. The van der Waals surface area contributed by atoms with Crippen molar-refractivity contribution in [3.05, 3.63) is 35.7 Å². The molecular weight excluding hydrogens is 340 g/mol. The number of methoxy groups -OCH3 is 1. The number of carbonyl (C=O) groups excluding carboxylic acids is 2. The molecule has 0 radical (unpaired) electrons. The van der Waals surface area contributed by atoms with Gasteiger partial charge in [-0.05, 0) is 30.7 Å². The fraction of sp³-hybridized carbons (Fsp3) is 0.333. The fourth-order valence-corrected chi connectivity index (χ4v) is 2.40. The summed E-state index contributed by atoms with van der Waals surface area (Å²) in [7, 11) is 4.51. The number of ether oxygens (including phenoxy) is 2. The predicted molar refractivity (Wildman–Crippen MR) is 94.2 cm³/mol. The number of nitrogens with zero attached hydrogens (tertiary/aromatic N) is 2. The number of carbonyl (C=O) groups is 2. The van der Waals surface area contributed by atoms with E-state index in [0.717, 1.165) is 0 Å². The minimum absolute atomic E-state index is 0.143. The average Bonchev–Trinajstić information content (AvgIpc) is 2.90. The highest BCUT2D eigenvalue weighted by Gasteiger charge is 2.33. The maximum Gasteiger partial charge on any atom is 0.359 e. The Morgan fingerprint density at radius 2 is 1.65 bits per heavy atom. The molecule has 1 aromatic carbocycles. The molecule has 8 nitrogen and oxygen atoms in total. The number of benzene rings is 1. The molecule has 0 aliphatic rings. The molecule has 2 aromatic rings. The van der Waals surface area contributed by atoms with Crippen LogP contribution in [0.1, 0.15) is 34.3 Å². The van der Waals surface area contributed by atoms with Crippen molar-refractivity contribution in [1.82, 2.24) is 9.47 Å². The van der Waals surface area contributed by atoms with Crippen molar-refractivity contribution in [3.8, 4) is 22.9 Å². The van der Waals surface area contributed by atoms with Gasteiger partial charge in [0.1, 0.15) is 5.75 Å². The van der Waals surface area contributed by atoms with Crippen molar-refractivity contribution in [3.63, 3.8) is 0 Å². The summed E-state index contributed by atoms with van der Waals surface area (Å²) in [5.41, 5.74) is -0.164. The van der Waals surface area contributed by atoms with Crippen molar-refractivity contribution < 1.29 is 29.3 Å². The predicted octanol–water partition coefficient (Wildman–Crippen LogP) is 2.17. The quantitative estimate of drug-likeness (QED) is 0.764. The van der Waals surface area contributed by atoms with E-state index in [0.29, 0.717) is 17.9 Å². The van der Waals surface area contributed by atoms with E-state index in [9.17, 15) is 19.8 Å². The molecule has 0 aliphatic heterocycles. The smallest absolute Gasteiger partial charge is 0.359 e. The number of hydrogen-bond donors (Lipinski definition) is 2. The standard InChI is InChI=1S/C18H22N2O6/c1-5-10-26-18(24)14-16(22)15(21)13(17(23)19(2)3)20(14)11-6-8-12(25-4)9-7-11/h6-9,21-22H,5,10H2,1-4H3. The van der Waals surface area contributed by atoms with E-state index in [1.54, 1.807) is 24.3 Å². The van der Waals surface area contributed by atoms with Crippen LogP contribution in [0.3, 0.4) is 0 Å². The number of aromatic hydroxyl groups is 2. The van der Waals surface area contributed by atoms with Crippen molar-refractivity contribution in [1.29, 1.82) is 0 Å². The van der Waals surface area contributed by atoms with Gasteiger partial charge in [0, 0.05) is 19.8 Å². The van der Waals surface area contributed by atoms with Crippen molar-refractivity contribution in [2.45, 2.75) is 13.3 Å². The zero-order valence-electron chi connectivity index (χ0n) is 15.1. The molecule has 0 atom stereocenters. The second-order valence-electron chi connectivity index (χ2n) is 5.76. The Kier molecular flexibility index (Phi) is 5.76. The Bertz CT molecular complexity index is 808. The summed E-state index contributed by atoms with van der Waals surface area (Å²) < 4.78 is 11.4. The minimum Gasteiger partial charge on any atom is -0.503 e. The Morgan fingerprint density at radius 1 is 1.08 bits per heavy atom. The van der Waals surface area contributed by atoms with Crippen LogP contribution in [-0.4, -0.2) is 59.4 Å². The van der Waals surface area contributed by atoms with Crippen molar-refractivity contribution in [2.24, 2.45) is 0 Å². The van der Waals surface area contributed by atoms with Gasteiger partial charge in [-0.15, -0.1) is 0 Å². The first-order valence-corrected chi connectivity index (χ1v) is 8.03. The molecule has 26 heavy (non-hydrogen) atoms. The van der Waals surface area contributed by atoms with Crippen LogP contribution in [0.5, 0.6) is 17.2 Å². The third-order valence-electron chi connectivity index (χ3n) is 3.69. The highest BCUT2D eigenvalue weighted by Crippen LogP contribution is 2.39. The molecule has 1 heterocycles. The van der Waals surface area contributed by atoms with Crippen LogP contribution in [0.4, 0.5) is 0 Å². The van der Waals surface area contributed by atoms with Crippen molar-refractivity contribution in [2.75, 3.05) is 27.8 Å². The first-order valence-electron chi connectivity index (χ1n) is 8.03. The topological polar surface area (TPSA) is 101 Å². The van der Waals surface area contributed by atoms with Crippen LogP contribution in [0, 0.1) is 0 Å². The third kappa shape index (κ3) is 3.44. The Balaban J connectivity index is 2.72. The maximum absolute atomic E-state index is 12.5. The molecule has 1 aromatic heterocycles. The van der Waals surface area contributed by atoms with Gasteiger partial charge in [-0.25, -0.2) is 4.79 Å². The number of aromatic nitrogens is 1. The van der Waals surface area contributed by atoms with E-state index in [2.05, 4.69) is 0 Å². The molecule has 0 unspecified atom stereocenters. The van der Waals surface area contributed by atoms with Gasteiger partial charge < -0.3 is 24.6 Å². The van der Waals surface area contributed by atoms with E-state index >= 15 is 0 Å². The summed E-state index contributed by atoms with van der Waals surface area (Å²) >= 11 is 0. The number of hydrogen-bond acceptors (Lipinski definition) is 6. The summed E-state index contributed by atoms with van der Waals surface area (Å²) in [6.45, 7) is 1.97. The second-order valence-corrected chi connectivity index (χ2v) is 5.76. The van der Waals surface area contributed by atoms with Crippen molar-refractivity contribution >= 4 is 11.9 Å². The number of rotatable bonds is 6. The number of esters is 1. The summed E-state index contributed by atoms with van der Waals surface area (Å²) in [6, 6.07) is 6.46. The SMILES string of the molecule is CCCOC(=O)c1c(O)c(O)c(C(=O)N(C)C)n1-c1ccc(OC)cc1. The Labute approximate surface area is 151 Å². The number of amides is 1. The van der Waals surface area contributed by atoms with Gasteiger partial charge in [0.2, 0.25) is 0 Å². The molecule has 140 valence electrons. The van der Waals surface area contributed by atoms with Gasteiger partial charge in [-0.2, -0.15) is 0 Å². The molecule has 0 spiro atoms. The Morgan fingerprint density at radius 3 is 2.15 bits per heavy atom. The highest BCUT2D eigenvalue weighted by atomic mass is 16.5. The van der Waals surface area contributed by atoms with Crippen LogP contribution in [0.15, 0.2) is 24.3 Å². The van der Waals surface area contributed by atoms with Crippen LogP contribution in [-0.2, 0) is 4.74 Å². The molecule has 0 bridgehead atoms. The minimum atomic E-state index is -0.840. The van der Waals surface area contributed by atoms with Gasteiger partial charge in [-0.1, -0.05) is 6.92 Å². The zero-order valence-corrected chi connectivity index (χ0v) is 15.1. The van der Waals surface area contributed by atoms with Gasteiger partial charge in [0.25, 0.3) is 5.91 Å². The van der Waals surface area contributed by atoms with E-state index in [1.165, 1.54) is 30.7 Å². The summed E-state index contributed by atoms with van der Waals surface area (Å²) in [5.74, 6) is -2.23. The molecule has 0 saturated carbocycles. The van der Waals surface area contributed by atoms with Gasteiger partial charge >= 0.3 is 5.97 Å². The summed E-state index contributed by atoms with van der Waals surface area (Å²) in [4.78, 5) is 26.2. The van der Waals surface area contributed by atoms with Crippen LogP contribution in [0.25, 0.3) is 5.69 Å². The van der Waals surface area contributed by atoms with Crippen LogP contribution in [0.2, 0.25) is 0 Å². The summed E-state index contributed by atoms with van der Waals surface area (Å²) in [6.07, 6.45) is 0.589. The molecular formula is C18H22N2O6. The lowest BCUT2D eigenvalue weighted by Gasteiger charge is -2.15. The molecule has 0 aliphatic carbocycles. The normalized spacial score (nSPS) is 10.5. The first-order chi connectivity index (χ1) is 12.3. The molecule has 0 fully saturated rings. The second kappa shape index (κ2) is 7.81. The monoisotopic (exact) mass is 362 g/mol. The lowest BCUT2D eigenvalue weighted by molar-refractivity contribution is 0.0492. The van der Waals surface area contributed by atoms with E-state index in [1.807, 2.05) is 6.92 Å². The molecule has 8 heteroatoms. The molecule has 0 saturated heterocycles. The van der Waals surface area contributed by atoms with Gasteiger partial charge in [0.05, 0.1) is 13.7 Å². The van der Waals surface area contributed by atoms with E-state index < -0.39 is 23.4 Å². The lowest BCUT2D eigenvalue weighted by Crippen LogP contribution is -2.25. The van der Waals surface area contributed by atoms with E-state index in [-0.39, 0.29) is 18.0 Å². The summed E-state index contributed by atoms with van der Waals surface area (Å²) in [5, 5.41) is 20.6. The van der Waals surface area contributed by atoms with Gasteiger partial charge in [-0.3, -0.25) is 9.36 Å². The highest BCUT2D eigenvalue weighted by molar-refractivity contribution is 6.02. The maximum atomic E-state index is 12.5. The van der Waals surface area contributed by atoms with E-state index in [4.69, 9.17) is 9.47 Å². The fourth-order valence-electron chi connectivity index (χ4n) is 2.40. The van der Waals surface area contributed by atoms with Gasteiger partial charge in [0.15, 0.2) is 22.9 Å². The first kappa shape index (κ1) is 19.2. The molecule has 2 rings (SSSR count). The van der Waals surface area contributed by atoms with Crippen LogP contribution < -0.4 is 4.74 Å². The average molecular weight is 362 g/mol. The third-order valence-corrected chi connectivity index (χ3v) is 3.69. The largest absolute Gasteiger partial charge is 0.503 e. The molecule has 1 amide bonds. The lowest BCUT2D eigenvalue weighted by atomic mass is 10.2. The zero-order chi connectivity index (χ0) is 19.4. The van der Waals surface area contributed by atoms with Crippen LogP contribution >= 0.6 is 0 Å². The molecule has 2 N–H and O–H groups in total.